The van der Waals surface area contributed by atoms with E-state index in [4.69, 9.17) is 16.3 Å². The molecule has 5 nitrogen and oxygen atoms in total. The molecule has 0 saturated heterocycles. The molecule has 3 rings (SSSR count). The van der Waals surface area contributed by atoms with Crippen LogP contribution in [0.5, 0.6) is 5.75 Å². The van der Waals surface area contributed by atoms with Crippen molar-refractivity contribution in [1.82, 2.24) is 9.88 Å². The maximum absolute atomic E-state index is 12.8. The Morgan fingerprint density at radius 1 is 1.26 bits per heavy atom. The van der Waals surface area contributed by atoms with Gasteiger partial charge in [0.15, 0.2) is 0 Å². The van der Waals surface area contributed by atoms with Gasteiger partial charge >= 0.3 is 0 Å². The van der Waals surface area contributed by atoms with Gasteiger partial charge in [0.05, 0.1) is 30.3 Å². The molecule has 1 atom stereocenters. The number of carbonyl (C=O) groups is 1. The van der Waals surface area contributed by atoms with Gasteiger partial charge in [0.1, 0.15) is 11.4 Å². The maximum Gasteiger partial charge on any atom is 0.268 e. The van der Waals surface area contributed by atoms with E-state index in [0.717, 1.165) is 22.9 Å². The third-order valence-electron chi connectivity index (χ3n) is 4.86. The fourth-order valence-corrected chi connectivity index (χ4v) is 3.48. The van der Waals surface area contributed by atoms with E-state index >= 15 is 0 Å². The minimum Gasteiger partial charge on any atom is -0.495 e. The number of aliphatic hydroxyl groups excluding tert-OH is 1. The Kier molecular flexibility index (Phi) is 5.73. The van der Waals surface area contributed by atoms with E-state index in [1.54, 1.807) is 23.8 Å². The lowest BCUT2D eigenvalue weighted by Crippen LogP contribution is -2.31. The van der Waals surface area contributed by atoms with Crippen LogP contribution in [0.15, 0.2) is 42.5 Å². The molecular weight excluding hydrogens is 364 g/mol. The number of hydrogen-bond acceptors (Lipinski definition) is 3. The second-order valence-corrected chi connectivity index (χ2v) is 6.78. The first-order valence-corrected chi connectivity index (χ1v) is 9.20. The molecule has 0 aliphatic carbocycles. The highest BCUT2D eigenvalue weighted by Crippen LogP contribution is 2.34. The summed E-state index contributed by atoms with van der Waals surface area (Å²) in [4.78, 5) is 12.8. The minimum atomic E-state index is -0.480. The zero-order valence-corrected chi connectivity index (χ0v) is 16.4. The number of aryl methyl sites for hydroxylation is 2. The Morgan fingerprint density at radius 2 is 1.96 bits per heavy atom. The molecule has 142 valence electrons. The summed E-state index contributed by atoms with van der Waals surface area (Å²) in [7, 11) is 3.36. The number of methoxy groups -OCH3 is 1. The second kappa shape index (κ2) is 8.03. The van der Waals surface area contributed by atoms with Crippen molar-refractivity contribution in [3.05, 3.63) is 64.3 Å². The van der Waals surface area contributed by atoms with Gasteiger partial charge in [0.2, 0.25) is 0 Å². The molecule has 0 aliphatic heterocycles. The number of halogens is 1. The van der Waals surface area contributed by atoms with Crippen LogP contribution < -0.4 is 10.1 Å². The molecule has 0 unspecified atom stereocenters. The molecule has 1 amide bonds. The summed E-state index contributed by atoms with van der Waals surface area (Å²) in [5.74, 6) is 0.285. The van der Waals surface area contributed by atoms with Crippen LogP contribution in [0.25, 0.3) is 10.9 Å². The van der Waals surface area contributed by atoms with Gasteiger partial charge in [-0.15, -0.1) is 0 Å². The van der Waals surface area contributed by atoms with Crippen LogP contribution in [0, 0.1) is 0 Å². The number of carbonyl (C=O) groups excluding carboxylic acids is 1. The molecule has 0 aliphatic rings. The number of fused-ring (bicyclic) bond motifs is 1. The highest BCUT2D eigenvalue weighted by atomic mass is 35.5. The van der Waals surface area contributed by atoms with E-state index in [2.05, 4.69) is 12.2 Å². The predicted octanol–water partition coefficient (Wildman–Crippen LogP) is 3.87. The number of hydrogen-bond donors (Lipinski definition) is 2. The van der Waals surface area contributed by atoms with Crippen molar-refractivity contribution in [2.24, 2.45) is 7.05 Å². The Hall–Kier alpha value is -2.50. The van der Waals surface area contributed by atoms with E-state index in [0.29, 0.717) is 16.5 Å². The number of aromatic nitrogens is 1. The first kappa shape index (κ1) is 19.3. The molecule has 6 heteroatoms. The first-order valence-electron chi connectivity index (χ1n) is 8.82. The smallest absolute Gasteiger partial charge is 0.268 e. The summed E-state index contributed by atoms with van der Waals surface area (Å²) in [6.07, 6.45) is 0.941. The Bertz CT molecular complexity index is 964. The largest absolute Gasteiger partial charge is 0.495 e. The Balaban J connectivity index is 1.90. The summed E-state index contributed by atoms with van der Waals surface area (Å²) in [6.45, 7) is 1.90. The SMILES string of the molecule is CCc1ccc([C@@H](CO)NC(=O)c2cc3c(Cl)c(OC)ccc3n2C)cc1. The van der Waals surface area contributed by atoms with Crippen molar-refractivity contribution < 1.29 is 14.6 Å². The Morgan fingerprint density at radius 3 is 2.56 bits per heavy atom. The molecule has 0 bridgehead atoms. The van der Waals surface area contributed by atoms with Crippen LogP contribution in [-0.4, -0.2) is 29.3 Å². The fraction of sp³-hybridized carbons (Fsp3) is 0.286. The summed E-state index contributed by atoms with van der Waals surface area (Å²) >= 11 is 6.38. The van der Waals surface area contributed by atoms with Crippen molar-refractivity contribution >= 4 is 28.4 Å². The second-order valence-electron chi connectivity index (χ2n) is 6.41. The minimum absolute atomic E-state index is 0.185. The van der Waals surface area contributed by atoms with Gasteiger partial charge in [-0.2, -0.15) is 0 Å². The van der Waals surface area contributed by atoms with Gasteiger partial charge in [0, 0.05) is 12.4 Å². The van der Waals surface area contributed by atoms with Gasteiger partial charge in [-0.05, 0) is 35.7 Å². The number of rotatable bonds is 6. The van der Waals surface area contributed by atoms with Gasteiger partial charge in [-0.3, -0.25) is 4.79 Å². The summed E-state index contributed by atoms with van der Waals surface area (Å²) in [6, 6.07) is 12.8. The normalized spacial score (nSPS) is 12.2. The molecule has 1 aromatic heterocycles. The average molecular weight is 387 g/mol. The van der Waals surface area contributed by atoms with Gasteiger partial charge in [-0.1, -0.05) is 42.8 Å². The van der Waals surface area contributed by atoms with Crippen molar-refractivity contribution in [2.75, 3.05) is 13.7 Å². The maximum atomic E-state index is 12.8. The zero-order chi connectivity index (χ0) is 19.6. The summed E-state index contributed by atoms with van der Waals surface area (Å²) in [5.41, 5.74) is 3.36. The molecular formula is C21H23ClN2O3. The number of ether oxygens (including phenoxy) is 1. The quantitative estimate of drug-likeness (QED) is 0.676. The van der Waals surface area contributed by atoms with E-state index in [9.17, 15) is 9.90 Å². The molecule has 2 aromatic carbocycles. The average Bonchev–Trinajstić information content (AvgIpc) is 3.04. The molecule has 3 aromatic rings. The van der Waals surface area contributed by atoms with Gasteiger partial charge < -0.3 is 19.7 Å². The molecule has 1 heterocycles. The molecule has 0 radical (unpaired) electrons. The summed E-state index contributed by atoms with van der Waals surface area (Å²) < 4.78 is 7.03. The third kappa shape index (κ3) is 3.66. The number of benzene rings is 2. The Labute approximate surface area is 163 Å². The van der Waals surface area contributed by atoms with Crippen molar-refractivity contribution in [1.29, 1.82) is 0 Å². The molecule has 0 fully saturated rings. The lowest BCUT2D eigenvalue weighted by atomic mass is 10.0. The van der Waals surface area contributed by atoms with Gasteiger partial charge in [-0.25, -0.2) is 0 Å². The van der Waals surface area contributed by atoms with E-state index in [1.165, 1.54) is 5.56 Å². The van der Waals surface area contributed by atoms with Gasteiger partial charge in [0.25, 0.3) is 5.91 Å². The standard InChI is InChI=1S/C21H23ClN2O3/c1-4-13-5-7-14(8-6-13)16(12-25)23-21(26)18-11-15-17(24(18)2)9-10-19(27-3)20(15)22/h5-11,16,25H,4,12H2,1-3H3,(H,23,26)/t16-/m1/s1. The molecule has 0 saturated carbocycles. The van der Waals surface area contributed by atoms with Crippen LogP contribution in [0.4, 0.5) is 0 Å². The van der Waals surface area contributed by atoms with E-state index < -0.39 is 6.04 Å². The predicted molar refractivity (Wildman–Crippen MR) is 108 cm³/mol. The van der Waals surface area contributed by atoms with Crippen molar-refractivity contribution in [3.63, 3.8) is 0 Å². The highest BCUT2D eigenvalue weighted by Gasteiger charge is 2.20. The van der Waals surface area contributed by atoms with Crippen LogP contribution >= 0.6 is 11.6 Å². The molecule has 2 N–H and O–H groups in total. The van der Waals surface area contributed by atoms with Crippen molar-refractivity contribution in [2.45, 2.75) is 19.4 Å². The summed E-state index contributed by atoms with van der Waals surface area (Å²) in [5, 5.41) is 13.9. The first-order chi connectivity index (χ1) is 13.0. The van der Waals surface area contributed by atoms with E-state index in [1.807, 2.05) is 37.4 Å². The topological polar surface area (TPSA) is 63.5 Å². The number of aliphatic hydroxyl groups is 1. The number of amides is 1. The van der Waals surface area contributed by atoms with Crippen molar-refractivity contribution in [3.8, 4) is 5.75 Å². The van der Waals surface area contributed by atoms with E-state index in [-0.39, 0.29) is 12.5 Å². The third-order valence-corrected chi connectivity index (χ3v) is 5.25. The number of nitrogens with zero attached hydrogens (tertiary/aromatic N) is 1. The van der Waals surface area contributed by atoms with Crippen LogP contribution in [-0.2, 0) is 13.5 Å². The lowest BCUT2D eigenvalue weighted by Gasteiger charge is -2.17. The molecule has 27 heavy (non-hydrogen) atoms. The zero-order valence-electron chi connectivity index (χ0n) is 15.6. The van der Waals surface area contributed by atoms with Crippen LogP contribution in [0.3, 0.4) is 0 Å². The van der Waals surface area contributed by atoms with Crippen LogP contribution in [0.2, 0.25) is 5.02 Å². The highest BCUT2D eigenvalue weighted by molar-refractivity contribution is 6.37. The molecule has 0 spiro atoms. The monoisotopic (exact) mass is 386 g/mol. The fourth-order valence-electron chi connectivity index (χ4n) is 3.18. The van der Waals surface area contributed by atoms with Crippen LogP contribution in [0.1, 0.15) is 34.6 Å². The lowest BCUT2D eigenvalue weighted by molar-refractivity contribution is 0.0908. The number of nitrogens with one attached hydrogen (secondary N) is 1.